The highest BCUT2D eigenvalue weighted by atomic mass is 32.2. The molecular weight excluding hydrogens is 302 g/mol. The second-order valence-corrected chi connectivity index (χ2v) is 8.20. The number of guanidine groups is 1. The second-order valence-electron chi connectivity index (χ2n) is 5.55. The van der Waals surface area contributed by atoms with Gasteiger partial charge in [-0.05, 0) is 26.0 Å². The normalized spacial score (nSPS) is 12.8. The van der Waals surface area contributed by atoms with Crippen molar-refractivity contribution in [3.05, 3.63) is 30.3 Å². The van der Waals surface area contributed by atoms with Gasteiger partial charge in [0, 0.05) is 19.8 Å². The molecule has 0 spiro atoms. The highest BCUT2D eigenvalue weighted by Crippen LogP contribution is 2.13. The number of benzene rings is 1. The van der Waals surface area contributed by atoms with Crippen molar-refractivity contribution in [1.29, 1.82) is 0 Å². The van der Waals surface area contributed by atoms with Crippen LogP contribution in [0.15, 0.2) is 35.3 Å². The molecule has 0 aliphatic heterocycles. The van der Waals surface area contributed by atoms with E-state index in [-0.39, 0.29) is 6.54 Å². The highest BCUT2D eigenvalue weighted by Gasteiger charge is 2.30. The lowest BCUT2D eigenvalue weighted by Crippen LogP contribution is -2.48. The number of rotatable bonds is 7. The molecule has 0 amide bonds. The van der Waals surface area contributed by atoms with Gasteiger partial charge in [-0.2, -0.15) is 0 Å². The van der Waals surface area contributed by atoms with Gasteiger partial charge in [-0.15, -0.1) is 0 Å². The summed E-state index contributed by atoms with van der Waals surface area (Å²) < 4.78 is 28.0. The zero-order valence-electron chi connectivity index (χ0n) is 13.6. The molecule has 1 aromatic rings. The Balaban J connectivity index is 2.34. The van der Waals surface area contributed by atoms with E-state index >= 15 is 0 Å². The molecule has 7 heteroatoms. The summed E-state index contributed by atoms with van der Waals surface area (Å²) in [5.74, 6) is 1.36. The van der Waals surface area contributed by atoms with Gasteiger partial charge in [-0.1, -0.05) is 18.2 Å². The molecule has 0 unspecified atom stereocenters. The Labute approximate surface area is 132 Å². The van der Waals surface area contributed by atoms with E-state index < -0.39 is 14.6 Å². The molecule has 0 heterocycles. The Morgan fingerprint density at radius 2 is 1.86 bits per heavy atom. The third-order valence-corrected chi connectivity index (χ3v) is 5.47. The van der Waals surface area contributed by atoms with E-state index in [1.54, 1.807) is 20.9 Å². The molecule has 6 nitrogen and oxygen atoms in total. The number of aliphatic imine (C=N–C) groups is 1. The van der Waals surface area contributed by atoms with Crippen molar-refractivity contribution in [3.8, 4) is 5.75 Å². The molecule has 0 fully saturated rings. The van der Waals surface area contributed by atoms with Crippen LogP contribution in [0, 0.1) is 0 Å². The minimum absolute atomic E-state index is 0.283. The Hall–Kier alpha value is -1.76. The molecule has 0 aliphatic carbocycles. The van der Waals surface area contributed by atoms with Crippen LogP contribution in [0.25, 0.3) is 0 Å². The predicted molar refractivity (Wildman–Crippen MR) is 90.2 cm³/mol. The first-order chi connectivity index (χ1) is 10.3. The summed E-state index contributed by atoms with van der Waals surface area (Å²) in [6, 6.07) is 9.54. The van der Waals surface area contributed by atoms with Gasteiger partial charge in [-0.3, -0.25) is 4.99 Å². The molecule has 0 saturated heterocycles. The van der Waals surface area contributed by atoms with Gasteiger partial charge in [0.15, 0.2) is 15.8 Å². The second kappa shape index (κ2) is 8.03. The van der Waals surface area contributed by atoms with E-state index in [4.69, 9.17) is 4.74 Å². The van der Waals surface area contributed by atoms with Crippen LogP contribution in [-0.2, 0) is 9.84 Å². The number of hydrogen-bond acceptors (Lipinski definition) is 4. The van der Waals surface area contributed by atoms with E-state index in [0.29, 0.717) is 19.1 Å². The van der Waals surface area contributed by atoms with Crippen LogP contribution in [0.2, 0.25) is 0 Å². The molecule has 0 atom stereocenters. The van der Waals surface area contributed by atoms with Crippen LogP contribution in [0.1, 0.15) is 13.8 Å². The lowest BCUT2D eigenvalue weighted by molar-refractivity contribution is 0.322. The van der Waals surface area contributed by atoms with Gasteiger partial charge in [0.05, 0.1) is 11.3 Å². The fraction of sp³-hybridized carbons (Fsp3) is 0.533. The summed E-state index contributed by atoms with van der Waals surface area (Å²) in [6.07, 6.45) is 1.23. The van der Waals surface area contributed by atoms with Crippen LogP contribution < -0.4 is 15.4 Å². The van der Waals surface area contributed by atoms with E-state index in [0.717, 1.165) is 5.75 Å². The molecule has 0 saturated carbocycles. The van der Waals surface area contributed by atoms with E-state index in [1.807, 2.05) is 30.3 Å². The van der Waals surface area contributed by atoms with Gasteiger partial charge in [0.1, 0.15) is 12.4 Å². The molecule has 0 aliphatic rings. The maximum absolute atomic E-state index is 11.7. The Morgan fingerprint density at radius 1 is 1.23 bits per heavy atom. The first-order valence-electron chi connectivity index (χ1n) is 7.08. The van der Waals surface area contributed by atoms with Gasteiger partial charge in [0.2, 0.25) is 0 Å². The van der Waals surface area contributed by atoms with Crippen molar-refractivity contribution in [2.75, 3.05) is 33.0 Å². The third-order valence-electron chi connectivity index (χ3n) is 3.32. The lowest BCUT2D eigenvalue weighted by Gasteiger charge is -2.24. The number of ether oxygens (including phenoxy) is 1. The Bertz CT molecular complexity index is 583. The lowest BCUT2D eigenvalue weighted by atomic mass is 10.2. The number of hydrogen-bond donors (Lipinski definition) is 2. The molecule has 1 aromatic carbocycles. The molecule has 124 valence electrons. The fourth-order valence-corrected chi connectivity index (χ4v) is 1.84. The van der Waals surface area contributed by atoms with Gasteiger partial charge in [0.25, 0.3) is 0 Å². The molecular formula is C15H25N3O3S. The summed E-state index contributed by atoms with van der Waals surface area (Å²) in [5.41, 5.74) is 0. The fourth-order valence-electron chi connectivity index (χ4n) is 1.50. The van der Waals surface area contributed by atoms with E-state index in [9.17, 15) is 8.42 Å². The predicted octanol–water partition coefficient (Wildman–Crippen LogP) is 1.05. The average molecular weight is 327 g/mol. The van der Waals surface area contributed by atoms with Gasteiger partial charge < -0.3 is 15.4 Å². The quantitative estimate of drug-likeness (QED) is 0.445. The van der Waals surface area contributed by atoms with Gasteiger partial charge >= 0.3 is 0 Å². The molecule has 0 aromatic heterocycles. The maximum atomic E-state index is 11.7. The number of para-hydroxylation sites is 1. The Morgan fingerprint density at radius 3 is 2.41 bits per heavy atom. The first kappa shape index (κ1) is 18.3. The smallest absolute Gasteiger partial charge is 0.191 e. The van der Waals surface area contributed by atoms with Crippen molar-refractivity contribution in [3.63, 3.8) is 0 Å². The van der Waals surface area contributed by atoms with Crippen molar-refractivity contribution in [1.82, 2.24) is 10.6 Å². The largest absolute Gasteiger partial charge is 0.492 e. The number of sulfone groups is 1. The van der Waals surface area contributed by atoms with Crippen LogP contribution in [0.3, 0.4) is 0 Å². The summed E-state index contributed by atoms with van der Waals surface area (Å²) in [7, 11) is -1.50. The first-order valence-corrected chi connectivity index (χ1v) is 8.97. The zero-order chi connectivity index (χ0) is 16.6. The van der Waals surface area contributed by atoms with Crippen molar-refractivity contribution < 1.29 is 13.2 Å². The van der Waals surface area contributed by atoms with Crippen molar-refractivity contribution in [2.45, 2.75) is 18.6 Å². The van der Waals surface area contributed by atoms with Crippen LogP contribution in [0.4, 0.5) is 0 Å². The molecule has 22 heavy (non-hydrogen) atoms. The topological polar surface area (TPSA) is 79.8 Å². The highest BCUT2D eigenvalue weighted by molar-refractivity contribution is 7.92. The van der Waals surface area contributed by atoms with E-state index in [1.165, 1.54) is 6.26 Å². The Kier molecular flexibility index (Phi) is 6.67. The molecule has 2 N–H and O–H groups in total. The number of nitrogens with one attached hydrogen (secondary N) is 2. The monoisotopic (exact) mass is 327 g/mol. The van der Waals surface area contributed by atoms with Crippen LogP contribution >= 0.6 is 0 Å². The van der Waals surface area contributed by atoms with Gasteiger partial charge in [-0.25, -0.2) is 8.42 Å². The average Bonchev–Trinajstić information content (AvgIpc) is 2.46. The standard InChI is InChI=1S/C15H25N3O3S/c1-15(2,22(4,19)20)12-18-14(16-3)17-10-11-21-13-8-6-5-7-9-13/h5-9H,10-12H2,1-4H3,(H2,16,17,18). The molecule has 0 radical (unpaired) electrons. The summed E-state index contributed by atoms with van der Waals surface area (Å²) in [4.78, 5) is 4.06. The molecule has 1 rings (SSSR count). The third kappa shape index (κ3) is 5.93. The maximum Gasteiger partial charge on any atom is 0.191 e. The van der Waals surface area contributed by atoms with Crippen molar-refractivity contribution in [2.24, 2.45) is 4.99 Å². The minimum atomic E-state index is -3.14. The van der Waals surface area contributed by atoms with Crippen LogP contribution in [-0.4, -0.2) is 52.1 Å². The zero-order valence-corrected chi connectivity index (χ0v) is 14.4. The summed E-state index contributed by atoms with van der Waals surface area (Å²) >= 11 is 0. The van der Waals surface area contributed by atoms with E-state index in [2.05, 4.69) is 15.6 Å². The molecule has 0 bridgehead atoms. The summed E-state index contributed by atoms with van der Waals surface area (Å²) in [5, 5.41) is 6.10. The van der Waals surface area contributed by atoms with Crippen LogP contribution in [0.5, 0.6) is 5.75 Å². The summed E-state index contributed by atoms with van der Waals surface area (Å²) in [6.45, 7) is 4.70. The minimum Gasteiger partial charge on any atom is -0.492 e. The number of nitrogens with zero attached hydrogens (tertiary/aromatic N) is 1. The van der Waals surface area contributed by atoms with Crippen molar-refractivity contribution >= 4 is 15.8 Å². The SMILES string of the molecule is CN=C(NCCOc1ccccc1)NCC(C)(C)S(C)(=O)=O.